The highest BCUT2D eigenvalue weighted by Gasteiger charge is 2.19. The fourth-order valence-corrected chi connectivity index (χ4v) is 3.03. The molecule has 0 aliphatic heterocycles. The predicted octanol–water partition coefficient (Wildman–Crippen LogP) is 4.92. The molecule has 0 saturated heterocycles. The largest absolute Gasteiger partial charge is 0.336 e. The molecule has 2 rings (SSSR count). The number of rotatable bonds is 6. The molecule has 0 fully saturated rings. The van der Waals surface area contributed by atoms with Gasteiger partial charge in [-0.15, -0.1) is 0 Å². The fourth-order valence-electron chi connectivity index (χ4n) is 3.03. The van der Waals surface area contributed by atoms with Gasteiger partial charge in [0.1, 0.15) is 0 Å². The lowest BCUT2D eigenvalue weighted by Gasteiger charge is -2.28. The predicted molar refractivity (Wildman–Crippen MR) is 111 cm³/mol. The molecular weight excluding hydrogens is 336 g/mol. The zero-order chi connectivity index (χ0) is 20.0. The summed E-state index contributed by atoms with van der Waals surface area (Å²) in [5.74, 6) is -0.126. The lowest BCUT2D eigenvalue weighted by Crippen LogP contribution is -2.34. The van der Waals surface area contributed by atoms with Crippen molar-refractivity contribution in [3.8, 4) is 0 Å². The van der Waals surface area contributed by atoms with Crippen molar-refractivity contribution in [3.05, 3.63) is 65.7 Å². The molecule has 1 N–H and O–H groups in total. The highest BCUT2D eigenvalue weighted by Crippen LogP contribution is 2.24. The molecule has 0 saturated carbocycles. The molecule has 2 aromatic carbocycles. The van der Waals surface area contributed by atoms with E-state index in [-0.39, 0.29) is 29.7 Å². The number of hydrogen-bond donors (Lipinski definition) is 1. The van der Waals surface area contributed by atoms with Gasteiger partial charge < -0.3 is 10.2 Å². The molecule has 0 aliphatic rings. The summed E-state index contributed by atoms with van der Waals surface area (Å²) in [5, 5.41) is 2.92. The van der Waals surface area contributed by atoms with E-state index in [1.165, 1.54) is 5.56 Å². The minimum atomic E-state index is -0.0926. The number of nitrogens with one attached hydrogen (secondary N) is 1. The summed E-state index contributed by atoms with van der Waals surface area (Å²) in [6.07, 6.45) is 0.262. The monoisotopic (exact) mass is 366 g/mol. The first-order chi connectivity index (χ1) is 12.7. The molecule has 0 radical (unpaired) electrons. The summed E-state index contributed by atoms with van der Waals surface area (Å²) in [6.45, 7) is 10.4. The Morgan fingerprint density at radius 2 is 1.59 bits per heavy atom. The molecule has 0 bridgehead atoms. The fraction of sp³-hybridized carbons (Fsp3) is 0.391. The number of hydrogen-bond acceptors (Lipinski definition) is 2. The first-order valence-corrected chi connectivity index (χ1v) is 9.41. The van der Waals surface area contributed by atoms with E-state index in [0.29, 0.717) is 6.54 Å². The second kappa shape index (κ2) is 8.85. The Balaban J connectivity index is 1.95. The SMILES string of the molecule is CC(=O)N(CCC(=O)Nc1ccc(C(C)(C)C)cc1)C(C)c1ccccc1. The van der Waals surface area contributed by atoms with E-state index in [2.05, 4.69) is 26.1 Å². The molecule has 4 heteroatoms. The summed E-state index contributed by atoms with van der Waals surface area (Å²) < 4.78 is 0. The van der Waals surface area contributed by atoms with Crippen LogP contribution in [0.15, 0.2) is 54.6 Å². The summed E-state index contributed by atoms with van der Waals surface area (Å²) >= 11 is 0. The molecule has 0 spiro atoms. The van der Waals surface area contributed by atoms with Crippen molar-refractivity contribution < 1.29 is 9.59 Å². The first-order valence-electron chi connectivity index (χ1n) is 9.41. The van der Waals surface area contributed by atoms with Crippen molar-refractivity contribution in [3.63, 3.8) is 0 Å². The van der Waals surface area contributed by atoms with Crippen LogP contribution in [-0.2, 0) is 15.0 Å². The van der Waals surface area contributed by atoms with Gasteiger partial charge in [-0.1, -0.05) is 63.2 Å². The van der Waals surface area contributed by atoms with E-state index >= 15 is 0 Å². The molecule has 144 valence electrons. The van der Waals surface area contributed by atoms with Gasteiger partial charge in [0.25, 0.3) is 0 Å². The molecule has 2 aromatic rings. The zero-order valence-corrected chi connectivity index (χ0v) is 17.0. The molecule has 2 amide bonds. The molecule has 1 atom stereocenters. The number of carbonyl (C=O) groups excluding carboxylic acids is 2. The summed E-state index contributed by atoms with van der Waals surface area (Å²) in [7, 11) is 0. The Bertz CT molecular complexity index is 761. The van der Waals surface area contributed by atoms with Gasteiger partial charge in [-0.3, -0.25) is 9.59 Å². The van der Waals surface area contributed by atoms with Crippen LogP contribution in [-0.4, -0.2) is 23.3 Å². The third-order valence-electron chi connectivity index (χ3n) is 4.77. The Labute approximate surface area is 162 Å². The standard InChI is InChI=1S/C23H30N2O2/c1-17(19-9-7-6-8-10-19)25(18(2)26)16-15-22(27)24-21-13-11-20(12-14-21)23(3,4)5/h6-14,17H,15-16H2,1-5H3,(H,24,27). The van der Waals surface area contributed by atoms with Gasteiger partial charge in [-0.2, -0.15) is 0 Å². The van der Waals surface area contributed by atoms with Gasteiger partial charge in [0.2, 0.25) is 11.8 Å². The van der Waals surface area contributed by atoms with Crippen molar-refractivity contribution in [1.82, 2.24) is 4.90 Å². The Hall–Kier alpha value is -2.62. The van der Waals surface area contributed by atoms with E-state index in [1.54, 1.807) is 11.8 Å². The van der Waals surface area contributed by atoms with Gasteiger partial charge in [-0.05, 0) is 35.6 Å². The van der Waals surface area contributed by atoms with Crippen LogP contribution in [0.5, 0.6) is 0 Å². The number of carbonyl (C=O) groups is 2. The number of anilines is 1. The van der Waals surface area contributed by atoms with Crippen molar-refractivity contribution in [2.45, 2.75) is 52.5 Å². The summed E-state index contributed by atoms with van der Waals surface area (Å²) in [6, 6.07) is 17.7. The molecule has 1 unspecified atom stereocenters. The van der Waals surface area contributed by atoms with Crippen LogP contribution in [0.25, 0.3) is 0 Å². The Morgan fingerprint density at radius 3 is 2.11 bits per heavy atom. The lowest BCUT2D eigenvalue weighted by atomic mass is 9.87. The lowest BCUT2D eigenvalue weighted by molar-refractivity contribution is -0.131. The van der Waals surface area contributed by atoms with Crippen molar-refractivity contribution in [2.75, 3.05) is 11.9 Å². The smallest absolute Gasteiger partial charge is 0.226 e. The normalized spacial score (nSPS) is 12.3. The molecule has 0 aromatic heterocycles. The van der Waals surface area contributed by atoms with E-state index in [4.69, 9.17) is 0 Å². The Kier molecular flexibility index (Phi) is 6.78. The van der Waals surface area contributed by atoms with Gasteiger partial charge in [0.05, 0.1) is 6.04 Å². The minimum Gasteiger partial charge on any atom is -0.336 e. The highest BCUT2D eigenvalue weighted by molar-refractivity contribution is 5.91. The zero-order valence-electron chi connectivity index (χ0n) is 17.0. The molecular formula is C23H30N2O2. The number of amides is 2. The van der Waals surface area contributed by atoms with Crippen molar-refractivity contribution in [2.24, 2.45) is 0 Å². The maximum atomic E-state index is 12.3. The second-order valence-electron chi connectivity index (χ2n) is 7.92. The first kappa shape index (κ1) is 20.7. The summed E-state index contributed by atoms with van der Waals surface area (Å²) in [4.78, 5) is 26.1. The van der Waals surface area contributed by atoms with Crippen LogP contribution in [0, 0.1) is 0 Å². The van der Waals surface area contributed by atoms with E-state index < -0.39 is 0 Å². The van der Waals surface area contributed by atoms with Crippen LogP contribution in [0.4, 0.5) is 5.69 Å². The quantitative estimate of drug-likeness (QED) is 0.789. The van der Waals surface area contributed by atoms with Crippen LogP contribution >= 0.6 is 0 Å². The van der Waals surface area contributed by atoms with E-state index in [0.717, 1.165) is 11.3 Å². The highest BCUT2D eigenvalue weighted by atomic mass is 16.2. The van der Waals surface area contributed by atoms with Crippen LogP contribution < -0.4 is 5.32 Å². The number of benzene rings is 2. The average Bonchev–Trinajstić information content (AvgIpc) is 2.62. The maximum absolute atomic E-state index is 12.3. The van der Waals surface area contributed by atoms with Crippen LogP contribution in [0.1, 0.15) is 58.2 Å². The van der Waals surface area contributed by atoms with Crippen LogP contribution in [0.3, 0.4) is 0 Å². The van der Waals surface area contributed by atoms with Gasteiger partial charge in [0, 0.05) is 25.6 Å². The topological polar surface area (TPSA) is 49.4 Å². The number of nitrogens with zero attached hydrogens (tertiary/aromatic N) is 1. The molecule has 27 heavy (non-hydrogen) atoms. The average molecular weight is 367 g/mol. The minimum absolute atomic E-state index is 0.0336. The van der Waals surface area contributed by atoms with Gasteiger partial charge >= 0.3 is 0 Å². The maximum Gasteiger partial charge on any atom is 0.226 e. The van der Waals surface area contributed by atoms with Gasteiger partial charge in [-0.25, -0.2) is 0 Å². The third kappa shape index (κ3) is 5.95. The molecule has 4 nitrogen and oxygen atoms in total. The van der Waals surface area contributed by atoms with Gasteiger partial charge in [0.15, 0.2) is 0 Å². The Morgan fingerprint density at radius 1 is 1.00 bits per heavy atom. The molecule has 0 heterocycles. The van der Waals surface area contributed by atoms with E-state index in [1.807, 2.05) is 61.5 Å². The van der Waals surface area contributed by atoms with Crippen molar-refractivity contribution in [1.29, 1.82) is 0 Å². The van der Waals surface area contributed by atoms with Crippen LogP contribution in [0.2, 0.25) is 0 Å². The molecule has 0 aliphatic carbocycles. The summed E-state index contributed by atoms with van der Waals surface area (Å²) in [5.41, 5.74) is 3.14. The second-order valence-corrected chi connectivity index (χ2v) is 7.92. The van der Waals surface area contributed by atoms with Crippen molar-refractivity contribution >= 4 is 17.5 Å². The third-order valence-corrected chi connectivity index (χ3v) is 4.77. The van der Waals surface area contributed by atoms with E-state index in [9.17, 15) is 9.59 Å².